The molecule has 0 amide bonds. The van der Waals surface area contributed by atoms with Gasteiger partial charge in [-0.1, -0.05) is 31.9 Å². The van der Waals surface area contributed by atoms with Gasteiger partial charge in [-0.3, -0.25) is 4.79 Å². The van der Waals surface area contributed by atoms with Gasteiger partial charge in [0, 0.05) is 20.1 Å². The number of epoxide rings is 1. The van der Waals surface area contributed by atoms with E-state index in [1.165, 1.54) is 0 Å². The lowest BCUT2D eigenvalue weighted by Crippen LogP contribution is -2.05. The van der Waals surface area contributed by atoms with Crippen LogP contribution in [0.15, 0.2) is 51.4 Å². The van der Waals surface area contributed by atoms with Gasteiger partial charge in [-0.05, 0) is 42.5 Å². The second-order valence-corrected chi connectivity index (χ2v) is 6.51. The quantitative estimate of drug-likeness (QED) is 0.546. The molecule has 0 aromatic heterocycles. The molecular formula is C16H12Br2O3. The maximum Gasteiger partial charge on any atom is 0.194 e. The highest BCUT2D eigenvalue weighted by molar-refractivity contribution is 9.11. The van der Waals surface area contributed by atoms with Crippen molar-refractivity contribution in [3.05, 3.63) is 62.5 Å². The Morgan fingerprint density at radius 3 is 2.57 bits per heavy atom. The average Bonchev–Trinajstić information content (AvgIpc) is 3.32. The SMILES string of the molecule is O=C(c1ccc(OCC2CO2)cc1)c1cc(Br)ccc1Br. The maximum absolute atomic E-state index is 12.5. The minimum atomic E-state index is -0.0275. The molecule has 3 nitrogen and oxygen atoms in total. The van der Waals surface area contributed by atoms with E-state index in [0.717, 1.165) is 21.3 Å². The van der Waals surface area contributed by atoms with Gasteiger partial charge in [0.05, 0.1) is 6.61 Å². The van der Waals surface area contributed by atoms with Crippen molar-refractivity contribution in [3.63, 3.8) is 0 Å². The fourth-order valence-electron chi connectivity index (χ4n) is 1.88. The van der Waals surface area contributed by atoms with Crippen LogP contribution >= 0.6 is 31.9 Å². The van der Waals surface area contributed by atoms with Gasteiger partial charge < -0.3 is 9.47 Å². The lowest BCUT2D eigenvalue weighted by molar-refractivity contribution is 0.103. The number of benzene rings is 2. The molecule has 1 atom stereocenters. The Kier molecular flexibility index (Phi) is 4.42. The molecule has 108 valence electrons. The van der Waals surface area contributed by atoms with Gasteiger partial charge in [-0.2, -0.15) is 0 Å². The monoisotopic (exact) mass is 410 g/mol. The van der Waals surface area contributed by atoms with Crippen LogP contribution < -0.4 is 4.74 Å². The van der Waals surface area contributed by atoms with E-state index in [2.05, 4.69) is 31.9 Å². The molecule has 1 fully saturated rings. The van der Waals surface area contributed by atoms with Crippen molar-refractivity contribution in [3.8, 4) is 5.75 Å². The highest BCUT2D eigenvalue weighted by Gasteiger charge is 2.23. The fraction of sp³-hybridized carbons (Fsp3) is 0.188. The second kappa shape index (κ2) is 6.30. The molecule has 1 heterocycles. The molecule has 1 saturated heterocycles. The zero-order valence-corrected chi connectivity index (χ0v) is 14.2. The minimum absolute atomic E-state index is 0.0275. The number of rotatable bonds is 5. The van der Waals surface area contributed by atoms with Gasteiger partial charge in [0.15, 0.2) is 5.78 Å². The Bertz CT molecular complexity index is 664. The summed E-state index contributed by atoms with van der Waals surface area (Å²) in [6.45, 7) is 1.33. The van der Waals surface area contributed by atoms with Gasteiger partial charge in [0.25, 0.3) is 0 Å². The van der Waals surface area contributed by atoms with Gasteiger partial charge in [0.1, 0.15) is 18.5 Å². The molecule has 3 rings (SSSR count). The van der Waals surface area contributed by atoms with Gasteiger partial charge in [0.2, 0.25) is 0 Å². The van der Waals surface area contributed by atoms with Crippen molar-refractivity contribution in [2.75, 3.05) is 13.2 Å². The lowest BCUT2D eigenvalue weighted by atomic mass is 10.0. The Morgan fingerprint density at radius 2 is 1.90 bits per heavy atom. The third-order valence-electron chi connectivity index (χ3n) is 3.13. The van der Waals surface area contributed by atoms with Crippen molar-refractivity contribution in [2.24, 2.45) is 0 Å². The van der Waals surface area contributed by atoms with Gasteiger partial charge >= 0.3 is 0 Å². The minimum Gasteiger partial charge on any atom is -0.491 e. The number of ether oxygens (including phenoxy) is 2. The van der Waals surface area contributed by atoms with Crippen LogP contribution in [0.4, 0.5) is 0 Å². The summed E-state index contributed by atoms with van der Waals surface area (Å²) in [6, 6.07) is 12.7. The summed E-state index contributed by atoms with van der Waals surface area (Å²) in [5, 5.41) is 0. The standard InChI is InChI=1S/C16H12Br2O3/c17-11-3-6-15(18)14(7-11)16(19)10-1-4-12(5-2-10)20-8-13-9-21-13/h1-7,13H,8-9H2. The number of ketones is 1. The molecule has 0 aliphatic carbocycles. The van der Waals surface area contributed by atoms with E-state index in [-0.39, 0.29) is 11.9 Å². The first-order chi connectivity index (χ1) is 10.1. The van der Waals surface area contributed by atoms with E-state index >= 15 is 0 Å². The fourth-order valence-corrected chi connectivity index (χ4v) is 2.67. The summed E-state index contributed by atoms with van der Waals surface area (Å²) in [6.07, 6.45) is 0.226. The number of hydrogen-bond donors (Lipinski definition) is 0. The zero-order valence-electron chi connectivity index (χ0n) is 11.0. The van der Waals surface area contributed by atoms with Crippen molar-refractivity contribution >= 4 is 37.6 Å². The summed E-state index contributed by atoms with van der Waals surface area (Å²) in [4.78, 5) is 12.5. The lowest BCUT2D eigenvalue weighted by Gasteiger charge is -2.07. The van der Waals surface area contributed by atoms with Gasteiger partial charge in [-0.15, -0.1) is 0 Å². The van der Waals surface area contributed by atoms with Crippen LogP contribution in [-0.4, -0.2) is 25.1 Å². The summed E-state index contributed by atoms with van der Waals surface area (Å²) in [7, 11) is 0. The van der Waals surface area contributed by atoms with Crippen LogP contribution in [0.1, 0.15) is 15.9 Å². The topological polar surface area (TPSA) is 38.8 Å². The second-order valence-electron chi connectivity index (χ2n) is 4.74. The van der Waals surface area contributed by atoms with Crippen LogP contribution in [0.5, 0.6) is 5.75 Å². The van der Waals surface area contributed by atoms with E-state index in [0.29, 0.717) is 17.7 Å². The van der Waals surface area contributed by atoms with E-state index in [4.69, 9.17) is 9.47 Å². The third-order valence-corrected chi connectivity index (χ3v) is 4.31. The highest BCUT2D eigenvalue weighted by atomic mass is 79.9. The first-order valence-corrected chi connectivity index (χ1v) is 8.06. The van der Waals surface area contributed by atoms with Crippen LogP contribution in [0, 0.1) is 0 Å². The molecule has 2 aromatic carbocycles. The molecule has 0 radical (unpaired) electrons. The molecule has 5 heteroatoms. The molecule has 0 spiro atoms. The molecule has 0 N–H and O–H groups in total. The molecule has 0 saturated carbocycles. The number of hydrogen-bond acceptors (Lipinski definition) is 3. The number of carbonyl (C=O) groups excluding carboxylic acids is 1. The van der Waals surface area contributed by atoms with Crippen LogP contribution in [0.3, 0.4) is 0 Å². The van der Waals surface area contributed by atoms with E-state index in [1.807, 2.05) is 24.3 Å². The first kappa shape index (κ1) is 14.8. The van der Waals surface area contributed by atoms with Crippen LogP contribution in [0.2, 0.25) is 0 Å². The van der Waals surface area contributed by atoms with E-state index in [9.17, 15) is 4.79 Å². The summed E-state index contributed by atoms with van der Waals surface area (Å²) in [5.41, 5.74) is 1.26. The molecule has 1 aliphatic rings. The van der Waals surface area contributed by atoms with Crippen LogP contribution in [0.25, 0.3) is 0 Å². The normalized spacial score (nSPS) is 16.6. The van der Waals surface area contributed by atoms with Crippen molar-refractivity contribution in [2.45, 2.75) is 6.10 Å². The van der Waals surface area contributed by atoms with Crippen LogP contribution in [-0.2, 0) is 4.74 Å². The van der Waals surface area contributed by atoms with Crippen molar-refractivity contribution < 1.29 is 14.3 Å². The number of carbonyl (C=O) groups is 1. The smallest absolute Gasteiger partial charge is 0.194 e. The Hall–Kier alpha value is -1.17. The third kappa shape index (κ3) is 3.73. The Balaban J connectivity index is 1.75. The predicted octanol–water partition coefficient (Wildman–Crippen LogP) is 4.22. The summed E-state index contributed by atoms with van der Waals surface area (Å²) >= 11 is 6.79. The molecule has 0 bridgehead atoms. The molecule has 2 aromatic rings. The Labute approximate surface area is 139 Å². The molecule has 1 aliphatic heterocycles. The molecule has 21 heavy (non-hydrogen) atoms. The Morgan fingerprint density at radius 1 is 1.19 bits per heavy atom. The largest absolute Gasteiger partial charge is 0.491 e. The van der Waals surface area contributed by atoms with E-state index in [1.54, 1.807) is 18.2 Å². The highest BCUT2D eigenvalue weighted by Crippen LogP contribution is 2.25. The van der Waals surface area contributed by atoms with E-state index < -0.39 is 0 Å². The molecule has 1 unspecified atom stereocenters. The number of halogens is 2. The zero-order chi connectivity index (χ0) is 14.8. The molecular weight excluding hydrogens is 400 g/mol. The predicted molar refractivity (Wildman–Crippen MR) is 87.0 cm³/mol. The van der Waals surface area contributed by atoms with Crippen molar-refractivity contribution in [1.82, 2.24) is 0 Å². The average molecular weight is 412 g/mol. The first-order valence-electron chi connectivity index (χ1n) is 6.48. The maximum atomic E-state index is 12.5. The summed E-state index contributed by atoms with van der Waals surface area (Å²) in [5.74, 6) is 0.718. The van der Waals surface area contributed by atoms with Gasteiger partial charge in [-0.25, -0.2) is 0 Å². The van der Waals surface area contributed by atoms with Crippen molar-refractivity contribution in [1.29, 1.82) is 0 Å². The summed E-state index contributed by atoms with van der Waals surface area (Å²) < 4.78 is 12.3.